The maximum absolute atomic E-state index is 10.8. The SMILES string of the molecule is NCc1cccc2c1ccn2Cc1cccc([N+](=O)[O-])c1. The standard InChI is InChI=1S/C16H15N3O2/c17-10-13-4-2-6-16-15(13)7-8-18(16)11-12-3-1-5-14(9-12)19(20)21/h1-9H,10-11,17H2. The fourth-order valence-corrected chi connectivity index (χ4v) is 2.57. The Hall–Kier alpha value is -2.66. The lowest BCUT2D eigenvalue weighted by Gasteiger charge is -2.07. The average molecular weight is 281 g/mol. The van der Waals surface area contributed by atoms with Crippen molar-refractivity contribution in [3.63, 3.8) is 0 Å². The number of benzene rings is 2. The van der Waals surface area contributed by atoms with Gasteiger partial charge in [0.05, 0.1) is 4.92 Å². The predicted octanol–water partition coefficient (Wildman–Crippen LogP) is 3.06. The molecule has 0 saturated heterocycles. The number of nitrogens with zero attached hydrogens (tertiary/aromatic N) is 2. The zero-order chi connectivity index (χ0) is 14.8. The van der Waals surface area contributed by atoms with E-state index in [-0.39, 0.29) is 10.6 Å². The van der Waals surface area contributed by atoms with Gasteiger partial charge in [0.2, 0.25) is 0 Å². The lowest BCUT2D eigenvalue weighted by Crippen LogP contribution is -2.00. The van der Waals surface area contributed by atoms with Crippen LogP contribution in [0.4, 0.5) is 5.69 Å². The molecule has 0 aliphatic rings. The van der Waals surface area contributed by atoms with Crippen LogP contribution in [0.2, 0.25) is 0 Å². The summed E-state index contributed by atoms with van der Waals surface area (Å²) in [5.74, 6) is 0. The Morgan fingerprint density at radius 2 is 1.95 bits per heavy atom. The second kappa shape index (κ2) is 5.38. The number of rotatable bonds is 4. The van der Waals surface area contributed by atoms with E-state index in [1.54, 1.807) is 12.1 Å². The fourth-order valence-electron chi connectivity index (χ4n) is 2.57. The number of hydrogen-bond donors (Lipinski definition) is 1. The molecule has 3 aromatic rings. The maximum atomic E-state index is 10.8. The minimum absolute atomic E-state index is 0.117. The zero-order valence-corrected chi connectivity index (χ0v) is 11.4. The molecular weight excluding hydrogens is 266 g/mol. The van der Waals surface area contributed by atoms with Crippen molar-refractivity contribution in [3.05, 3.63) is 76.0 Å². The van der Waals surface area contributed by atoms with E-state index in [1.165, 1.54) is 6.07 Å². The highest BCUT2D eigenvalue weighted by Crippen LogP contribution is 2.22. The van der Waals surface area contributed by atoms with Gasteiger partial charge in [0.25, 0.3) is 5.69 Å². The molecule has 0 spiro atoms. The first-order valence-corrected chi connectivity index (χ1v) is 6.69. The molecule has 5 heteroatoms. The van der Waals surface area contributed by atoms with Gasteiger partial charge in [0.15, 0.2) is 0 Å². The normalized spacial score (nSPS) is 10.9. The van der Waals surface area contributed by atoms with Crippen molar-refractivity contribution in [2.75, 3.05) is 0 Å². The second-order valence-electron chi connectivity index (χ2n) is 4.92. The van der Waals surface area contributed by atoms with Crippen LogP contribution in [0.1, 0.15) is 11.1 Å². The summed E-state index contributed by atoms with van der Waals surface area (Å²) in [6, 6.07) is 14.8. The van der Waals surface area contributed by atoms with Gasteiger partial charge in [-0.1, -0.05) is 24.3 Å². The molecule has 2 aromatic carbocycles. The lowest BCUT2D eigenvalue weighted by molar-refractivity contribution is -0.384. The Labute approximate surface area is 121 Å². The number of hydrogen-bond acceptors (Lipinski definition) is 3. The minimum atomic E-state index is -0.371. The minimum Gasteiger partial charge on any atom is -0.343 e. The molecule has 0 bridgehead atoms. The summed E-state index contributed by atoms with van der Waals surface area (Å²) in [7, 11) is 0. The van der Waals surface area contributed by atoms with Crippen LogP contribution in [0.5, 0.6) is 0 Å². The number of fused-ring (bicyclic) bond motifs is 1. The van der Waals surface area contributed by atoms with Gasteiger partial charge in [0, 0.05) is 42.3 Å². The van der Waals surface area contributed by atoms with Crippen molar-refractivity contribution in [1.82, 2.24) is 4.57 Å². The van der Waals surface area contributed by atoms with Crippen LogP contribution in [0.3, 0.4) is 0 Å². The summed E-state index contributed by atoms with van der Waals surface area (Å²) in [6.07, 6.45) is 1.99. The number of nitrogens with two attached hydrogens (primary N) is 1. The quantitative estimate of drug-likeness (QED) is 0.590. The molecule has 0 atom stereocenters. The summed E-state index contributed by atoms with van der Waals surface area (Å²) >= 11 is 0. The van der Waals surface area contributed by atoms with Crippen LogP contribution in [-0.4, -0.2) is 9.49 Å². The number of nitro groups is 1. The molecule has 106 valence electrons. The summed E-state index contributed by atoms with van der Waals surface area (Å²) < 4.78 is 2.08. The van der Waals surface area contributed by atoms with Crippen molar-refractivity contribution >= 4 is 16.6 Å². The summed E-state index contributed by atoms with van der Waals surface area (Å²) in [6.45, 7) is 1.09. The monoisotopic (exact) mass is 281 g/mol. The van der Waals surface area contributed by atoms with Gasteiger partial charge in [-0.2, -0.15) is 0 Å². The van der Waals surface area contributed by atoms with E-state index in [9.17, 15) is 10.1 Å². The Balaban J connectivity index is 1.99. The number of non-ortho nitro benzene ring substituents is 1. The molecule has 21 heavy (non-hydrogen) atoms. The van der Waals surface area contributed by atoms with Crippen molar-refractivity contribution in [2.24, 2.45) is 5.73 Å². The smallest absolute Gasteiger partial charge is 0.269 e. The van der Waals surface area contributed by atoms with Crippen LogP contribution in [0.15, 0.2) is 54.7 Å². The molecule has 3 rings (SSSR count). The molecule has 2 N–H and O–H groups in total. The highest BCUT2D eigenvalue weighted by atomic mass is 16.6. The van der Waals surface area contributed by atoms with E-state index < -0.39 is 0 Å². The number of nitro benzene ring substituents is 1. The van der Waals surface area contributed by atoms with E-state index >= 15 is 0 Å². The van der Waals surface area contributed by atoms with E-state index in [2.05, 4.69) is 4.57 Å². The van der Waals surface area contributed by atoms with Gasteiger partial charge in [-0.05, 0) is 23.3 Å². The van der Waals surface area contributed by atoms with Gasteiger partial charge in [0.1, 0.15) is 0 Å². The summed E-state index contributed by atoms with van der Waals surface area (Å²) in [5.41, 5.74) is 8.96. The fraction of sp³-hybridized carbons (Fsp3) is 0.125. The second-order valence-corrected chi connectivity index (χ2v) is 4.92. The Morgan fingerprint density at radius 3 is 2.71 bits per heavy atom. The Bertz CT molecular complexity index is 808. The molecule has 0 fully saturated rings. The molecule has 0 amide bonds. The van der Waals surface area contributed by atoms with Gasteiger partial charge >= 0.3 is 0 Å². The third-order valence-electron chi connectivity index (χ3n) is 3.60. The maximum Gasteiger partial charge on any atom is 0.269 e. The zero-order valence-electron chi connectivity index (χ0n) is 11.4. The van der Waals surface area contributed by atoms with E-state index in [1.807, 2.05) is 36.5 Å². The first-order chi connectivity index (χ1) is 10.2. The van der Waals surface area contributed by atoms with Gasteiger partial charge in [-0.3, -0.25) is 10.1 Å². The topological polar surface area (TPSA) is 74.1 Å². The van der Waals surface area contributed by atoms with E-state index in [0.29, 0.717) is 13.1 Å². The molecule has 1 aromatic heterocycles. The van der Waals surface area contributed by atoms with Crippen molar-refractivity contribution in [3.8, 4) is 0 Å². The van der Waals surface area contributed by atoms with Gasteiger partial charge < -0.3 is 10.3 Å². The van der Waals surface area contributed by atoms with Crippen LogP contribution in [0, 0.1) is 10.1 Å². The predicted molar refractivity (Wildman–Crippen MR) is 82.0 cm³/mol. The molecule has 5 nitrogen and oxygen atoms in total. The Morgan fingerprint density at radius 1 is 1.14 bits per heavy atom. The molecule has 1 heterocycles. The Kier molecular flexibility index (Phi) is 3.41. The third kappa shape index (κ3) is 2.51. The molecule has 0 aliphatic heterocycles. The molecular formula is C16H15N3O2. The van der Waals surface area contributed by atoms with E-state index in [0.717, 1.165) is 22.0 Å². The largest absolute Gasteiger partial charge is 0.343 e. The van der Waals surface area contributed by atoms with Crippen LogP contribution >= 0.6 is 0 Å². The average Bonchev–Trinajstić information content (AvgIpc) is 2.90. The summed E-state index contributed by atoms with van der Waals surface area (Å²) in [5, 5.41) is 12.0. The lowest BCUT2D eigenvalue weighted by atomic mass is 10.1. The highest BCUT2D eigenvalue weighted by Gasteiger charge is 2.08. The van der Waals surface area contributed by atoms with Crippen molar-refractivity contribution in [2.45, 2.75) is 13.1 Å². The molecule has 0 unspecified atom stereocenters. The summed E-state index contributed by atoms with van der Waals surface area (Å²) in [4.78, 5) is 10.5. The van der Waals surface area contributed by atoms with Gasteiger partial charge in [-0.15, -0.1) is 0 Å². The highest BCUT2D eigenvalue weighted by molar-refractivity contribution is 5.83. The van der Waals surface area contributed by atoms with Crippen molar-refractivity contribution < 1.29 is 4.92 Å². The van der Waals surface area contributed by atoms with Gasteiger partial charge in [-0.25, -0.2) is 0 Å². The third-order valence-corrected chi connectivity index (χ3v) is 3.60. The molecule has 0 saturated carbocycles. The first-order valence-electron chi connectivity index (χ1n) is 6.69. The first kappa shape index (κ1) is 13.3. The van der Waals surface area contributed by atoms with E-state index in [4.69, 9.17) is 5.73 Å². The molecule has 0 aliphatic carbocycles. The van der Waals surface area contributed by atoms with Crippen LogP contribution < -0.4 is 5.73 Å². The molecule has 0 radical (unpaired) electrons. The van der Waals surface area contributed by atoms with Crippen LogP contribution in [0.25, 0.3) is 10.9 Å². The van der Waals surface area contributed by atoms with Crippen molar-refractivity contribution in [1.29, 1.82) is 0 Å². The number of aromatic nitrogens is 1. The van der Waals surface area contributed by atoms with Crippen LogP contribution in [-0.2, 0) is 13.1 Å².